The molecule has 6 nitrogen and oxygen atoms in total. The van der Waals surface area contributed by atoms with Crippen LogP contribution in [0.1, 0.15) is 0 Å². The summed E-state index contributed by atoms with van der Waals surface area (Å²) in [6.45, 7) is 0. The number of hydrogen-bond donors (Lipinski definition) is 1. The van der Waals surface area contributed by atoms with Gasteiger partial charge in [0.25, 0.3) is 0 Å². The Bertz CT molecular complexity index is 184. The molecule has 0 unspecified atom stereocenters. The van der Waals surface area contributed by atoms with E-state index >= 15 is 0 Å². The van der Waals surface area contributed by atoms with Gasteiger partial charge >= 0.3 is 6.09 Å². The number of oxime groups is 1. The summed E-state index contributed by atoms with van der Waals surface area (Å²) in [5.74, 6) is 0. The van der Waals surface area contributed by atoms with Crippen LogP contribution in [0.25, 0.3) is 0 Å². The van der Waals surface area contributed by atoms with Crippen LogP contribution in [0.2, 0.25) is 0 Å². The van der Waals surface area contributed by atoms with Crippen LogP contribution in [0.15, 0.2) is 5.16 Å². The summed E-state index contributed by atoms with van der Waals surface area (Å²) in [7, 11) is 2.56. The molecule has 0 bridgehead atoms. The van der Waals surface area contributed by atoms with Gasteiger partial charge in [-0.2, -0.15) is 0 Å². The van der Waals surface area contributed by atoms with Crippen molar-refractivity contribution in [3.8, 4) is 0 Å². The molecule has 0 atom stereocenters. The molecule has 0 radical (unpaired) electrons. The number of carbonyl (C=O) groups is 1. The molecular formula is C5H10N2O4S. The lowest BCUT2D eigenvalue weighted by atomic mass is 11.0. The second kappa shape index (κ2) is 5.67. The van der Waals surface area contributed by atoms with Gasteiger partial charge in [-0.3, -0.25) is 4.84 Å². The molecule has 0 saturated carbocycles. The summed E-state index contributed by atoms with van der Waals surface area (Å²) < 4.78 is 0. The van der Waals surface area contributed by atoms with Gasteiger partial charge in [0.2, 0.25) is 5.17 Å². The van der Waals surface area contributed by atoms with Crippen molar-refractivity contribution in [1.29, 1.82) is 0 Å². The SMILES string of the molecule is CON=C(SC)N(OC)C(=O)O. The molecule has 0 aliphatic rings. The Balaban J connectivity index is 4.44. The molecule has 7 heteroatoms. The molecule has 1 N–H and O–H groups in total. The van der Waals surface area contributed by atoms with E-state index in [4.69, 9.17) is 5.11 Å². The van der Waals surface area contributed by atoms with Crippen molar-refractivity contribution in [3.63, 3.8) is 0 Å². The number of thioether (sulfide) groups is 1. The van der Waals surface area contributed by atoms with E-state index in [0.717, 1.165) is 11.8 Å². The van der Waals surface area contributed by atoms with E-state index in [0.29, 0.717) is 5.06 Å². The van der Waals surface area contributed by atoms with Crippen LogP contribution in [0.3, 0.4) is 0 Å². The Kier molecular flexibility index (Phi) is 5.22. The quantitative estimate of drug-likeness (QED) is 0.400. The molecule has 0 aromatic heterocycles. The standard InChI is InChI=1S/C5H10N2O4S/c1-10-6-4(12-3)7(11-2)5(8)9/h1-3H3,(H,8,9). The van der Waals surface area contributed by atoms with Crippen molar-refractivity contribution in [2.45, 2.75) is 0 Å². The number of amides is 1. The number of hydroxylamine groups is 2. The van der Waals surface area contributed by atoms with Crippen molar-refractivity contribution in [2.75, 3.05) is 20.5 Å². The molecule has 12 heavy (non-hydrogen) atoms. The highest BCUT2D eigenvalue weighted by Gasteiger charge is 2.18. The molecular weight excluding hydrogens is 184 g/mol. The Morgan fingerprint density at radius 2 is 2.17 bits per heavy atom. The first-order valence-electron chi connectivity index (χ1n) is 2.89. The third-order valence-electron chi connectivity index (χ3n) is 0.882. The molecule has 0 aromatic carbocycles. The molecule has 70 valence electrons. The zero-order valence-corrected chi connectivity index (χ0v) is 7.79. The highest BCUT2D eigenvalue weighted by Crippen LogP contribution is 2.05. The summed E-state index contributed by atoms with van der Waals surface area (Å²) >= 11 is 1.10. The summed E-state index contributed by atoms with van der Waals surface area (Å²) in [6, 6.07) is 0. The zero-order valence-electron chi connectivity index (χ0n) is 6.97. The largest absolute Gasteiger partial charge is 0.463 e. The maximum atomic E-state index is 10.5. The Morgan fingerprint density at radius 3 is 2.42 bits per heavy atom. The third-order valence-corrected chi connectivity index (χ3v) is 1.49. The topological polar surface area (TPSA) is 71.4 Å². The minimum atomic E-state index is -1.25. The predicted molar refractivity (Wildman–Crippen MR) is 44.8 cm³/mol. The van der Waals surface area contributed by atoms with Gasteiger partial charge in [0.1, 0.15) is 7.11 Å². The fourth-order valence-corrected chi connectivity index (χ4v) is 0.941. The Hall–Kier alpha value is -0.950. The predicted octanol–water partition coefficient (Wildman–Crippen LogP) is 0.808. The lowest BCUT2D eigenvalue weighted by Gasteiger charge is -2.14. The number of amidine groups is 1. The molecule has 0 spiro atoms. The molecule has 1 amide bonds. The molecule has 0 aliphatic carbocycles. The summed E-state index contributed by atoms with van der Waals surface area (Å²) in [6.07, 6.45) is 0.412. The highest BCUT2D eigenvalue weighted by atomic mass is 32.2. The van der Waals surface area contributed by atoms with Crippen LogP contribution in [0.4, 0.5) is 4.79 Å². The number of nitrogens with zero attached hydrogens (tertiary/aromatic N) is 2. The average Bonchev–Trinajstić information content (AvgIpc) is 2.03. The van der Waals surface area contributed by atoms with Crippen LogP contribution < -0.4 is 0 Å². The lowest BCUT2D eigenvalue weighted by Crippen LogP contribution is -2.32. The van der Waals surface area contributed by atoms with E-state index in [2.05, 4.69) is 14.8 Å². The highest BCUT2D eigenvalue weighted by molar-refractivity contribution is 8.13. The number of hydrogen-bond acceptors (Lipinski definition) is 5. The van der Waals surface area contributed by atoms with Crippen molar-refractivity contribution in [2.24, 2.45) is 5.16 Å². The first-order valence-corrected chi connectivity index (χ1v) is 4.12. The monoisotopic (exact) mass is 194 g/mol. The van der Waals surface area contributed by atoms with Crippen LogP contribution in [0.5, 0.6) is 0 Å². The van der Waals surface area contributed by atoms with Gasteiger partial charge in [-0.25, -0.2) is 4.79 Å². The molecule has 0 heterocycles. The van der Waals surface area contributed by atoms with Crippen LogP contribution >= 0.6 is 11.8 Å². The first kappa shape index (κ1) is 11.1. The maximum Gasteiger partial charge on any atom is 0.438 e. The fourth-order valence-electron chi connectivity index (χ4n) is 0.473. The first-order chi connectivity index (χ1) is 5.67. The van der Waals surface area contributed by atoms with Gasteiger partial charge in [0.15, 0.2) is 0 Å². The lowest BCUT2D eigenvalue weighted by molar-refractivity contribution is -0.0434. The molecule has 0 aliphatic heterocycles. The molecule has 0 aromatic rings. The van der Waals surface area contributed by atoms with E-state index in [1.54, 1.807) is 6.26 Å². The molecule has 0 rings (SSSR count). The maximum absolute atomic E-state index is 10.5. The average molecular weight is 194 g/mol. The third kappa shape index (κ3) is 2.97. The number of carboxylic acid groups (broad SMARTS) is 1. The van der Waals surface area contributed by atoms with Gasteiger partial charge in [-0.15, -0.1) is 5.06 Å². The van der Waals surface area contributed by atoms with E-state index in [-0.39, 0.29) is 5.17 Å². The van der Waals surface area contributed by atoms with E-state index in [1.807, 2.05) is 0 Å². The summed E-state index contributed by atoms with van der Waals surface area (Å²) in [5, 5.41) is 12.7. The Morgan fingerprint density at radius 1 is 1.58 bits per heavy atom. The van der Waals surface area contributed by atoms with E-state index in [1.165, 1.54) is 14.2 Å². The van der Waals surface area contributed by atoms with Gasteiger partial charge in [-0.1, -0.05) is 16.9 Å². The van der Waals surface area contributed by atoms with E-state index < -0.39 is 6.09 Å². The van der Waals surface area contributed by atoms with Crippen molar-refractivity contribution < 1.29 is 19.6 Å². The van der Waals surface area contributed by atoms with Crippen molar-refractivity contribution in [3.05, 3.63) is 0 Å². The van der Waals surface area contributed by atoms with Gasteiger partial charge in [-0.05, 0) is 6.26 Å². The molecule has 0 saturated heterocycles. The van der Waals surface area contributed by atoms with E-state index in [9.17, 15) is 4.79 Å². The second-order valence-corrected chi connectivity index (χ2v) is 2.29. The minimum absolute atomic E-state index is 0.118. The van der Waals surface area contributed by atoms with Gasteiger partial charge in [0, 0.05) is 0 Å². The molecule has 0 fully saturated rings. The fraction of sp³-hybridized carbons (Fsp3) is 0.600. The Labute approximate surface area is 74.1 Å². The summed E-state index contributed by atoms with van der Waals surface area (Å²) in [4.78, 5) is 19.4. The van der Waals surface area contributed by atoms with Crippen molar-refractivity contribution in [1.82, 2.24) is 5.06 Å². The zero-order chi connectivity index (χ0) is 9.56. The summed E-state index contributed by atoms with van der Waals surface area (Å²) in [5.41, 5.74) is 0. The smallest absolute Gasteiger partial charge is 0.438 e. The van der Waals surface area contributed by atoms with Gasteiger partial charge in [0.05, 0.1) is 7.11 Å². The minimum Gasteiger partial charge on any atom is -0.463 e. The van der Waals surface area contributed by atoms with Crippen LogP contribution in [0, 0.1) is 0 Å². The van der Waals surface area contributed by atoms with Crippen LogP contribution in [-0.2, 0) is 9.68 Å². The normalized spacial score (nSPS) is 11.1. The van der Waals surface area contributed by atoms with Crippen LogP contribution in [-0.4, -0.2) is 41.9 Å². The second-order valence-electron chi connectivity index (χ2n) is 1.52. The number of rotatable bonds is 2. The van der Waals surface area contributed by atoms with Gasteiger partial charge < -0.3 is 9.94 Å². The van der Waals surface area contributed by atoms with Crippen molar-refractivity contribution >= 4 is 23.0 Å².